The zero-order valence-corrected chi connectivity index (χ0v) is 15.7. The molecule has 4 rings (SSSR count). The fourth-order valence-corrected chi connectivity index (χ4v) is 3.47. The van der Waals surface area contributed by atoms with E-state index in [0.29, 0.717) is 17.5 Å². The van der Waals surface area contributed by atoms with Crippen LogP contribution in [0.4, 0.5) is 0 Å². The molecule has 0 unspecified atom stereocenters. The van der Waals surface area contributed by atoms with Crippen molar-refractivity contribution in [3.05, 3.63) is 54.4 Å². The molecule has 8 nitrogen and oxygen atoms in total. The standard InChI is InChI=1S/C18H17N7OS/c1-3-25-16(13-4-7-19-8-5-13)22-24-18(25)27-11-15-21-23-17(26-15)14-6-9-20-12(2)10-14/h4-10H,3,11H2,1-2H3. The van der Waals surface area contributed by atoms with E-state index < -0.39 is 0 Å². The van der Waals surface area contributed by atoms with Crippen molar-refractivity contribution in [2.24, 2.45) is 0 Å². The summed E-state index contributed by atoms with van der Waals surface area (Å²) in [6.45, 7) is 4.75. The molecule has 0 N–H and O–H groups in total. The van der Waals surface area contributed by atoms with Crippen molar-refractivity contribution in [3.63, 3.8) is 0 Å². The number of hydrogen-bond acceptors (Lipinski definition) is 8. The highest BCUT2D eigenvalue weighted by atomic mass is 32.2. The van der Waals surface area contributed by atoms with Crippen LogP contribution in [-0.2, 0) is 12.3 Å². The molecule has 0 saturated heterocycles. The van der Waals surface area contributed by atoms with E-state index in [1.807, 2.05) is 31.2 Å². The maximum Gasteiger partial charge on any atom is 0.247 e. The summed E-state index contributed by atoms with van der Waals surface area (Å²) in [5, 5.41) is 17.7. The van der Waals surface area contributed by atoms with Gasteiger partial charge in [0.1, 0.15) is 0 Å². The molecule has 27 heavy (non-hydrogen) atoms. The van der Waals surface area contributed by atoms with Gasteiger partial charge in [-0.05, 0) is 38.1 Å². The van der Waals surface area contributed by atoms with Crippen LogP contribution in [0, 0.1) is 6.92 Å². The van der Waals surface area contributed by atoms with Crippen LogP contribution in [0.2, 0.25) is 0 Å². The highest BCUT2D eigenvalue weighted by molar-refractivity contribution is 7.98. The van der Waals surface area contributed by atoms with Gasteiger partial charge in [0.15, 0.2) is 11.0 Å². The third-order valence-corrected chi connectivity index (χ3v) is 4.86. The molecule has 4 aromatic rings. The van der Waals surface area contributed by atoms with Crippen molar-refractivity contribution in [1.29, 1.82) is 0 Å². The number of thioether (sulfide) groups is 1. The molecule has 0 fully saturated rings. The van der Waals surface area contributed by atoms with Crippen molar-refractivity contribution in [1.82, 2.24) is 34.9 Å². The average Bonchev–Trinajstić information content (AvgIpc) is 3.34. The van der Waals surface area contributed by atoms with Crippen molar-refractivity contribution in [3.8, 4) is 22.8 Å². The Balaban J connectivity index is 1.51. The third kappa shape index (κ3) is 3.72. The van der Waals surface area contributed by atoms with Crippen molar-refractivity contribution in [2.45, 2.75) is 31.3 Å². The predicted molar refractivity (Wildman–Crippen MR) is 101 cm³/mol. The van der Waals surface area contributed by atoms with Crippen LogP contribution in [0.5, 0.6) is 0 Å². The largest absolute Gasteiger partial charge is 0.420 e. The van der Waals surface area contributed by atoms with Gasteiger partial charge < -0.3 is 8.98 Å². The Bertz CT molecular complexity index is 1040. The molecule has 0 saturated carbocycles. The van der Waals surface area contributed by atoms with Gasteiger partial charge in [-0.3, -0.25) is 9.97 Å². The molecule has 136 valence electrons. The molecule has 0 bridgehead atoms. The summed E-state index contributed by atoms with van der Waals surface area (Å²) in [5.41, 5.74) is 2.75. The second-order valence-electron chi connectivity index (χ2n) is 5.76. The minimum atomic E-state index is 0.491. The monoisotopic (exact) mass is 379 g/mol. The van der Waals surface area contributed by atoms with E-state index in [1.165, 1.54) is 11.8 Å². The van der Waals surface area contributed by atoms with E-state index >= 15 is 0 Å². The molecule has 9 heteroatoms. The number of hydrogen-bond donors (Lipinski definition) is 0. The summed E-state index contributed by atoms with van der Waals surface area (Å²) in [5.74, 6) is 2.37. The minimum Gasteiger partial charge on any atom is -0.420 e. The van der Waals surface area contributed by atoms with Crippen molar-refractivity contribution >= 4 is 11.8 Å². The third-order valence-electron chi connectivity index (χ3n) is 3.91. The summed E-state index contributed by atoms with van der Waals surface area (Å²) in [7, 11) is 0. The summed E-state index contributed by atoms with van der Waals surface area (Å²) >= 11 is 1.52. The highest BCUT2D eigenvalue weighted by Crippen LogP contribution is 2.27. The van der Waals surface area contributed by atoms with E-state index in [-0.39, 0.29) is 0 Å². The van der Waals surface area contributed by atoms with Gasteiger partial charge >= 0.3 is 0 Å². The molecule has 0 aliphatic carbocycles. The first kappa shape index (κ1) is 17.3. The van der Waals surface area contributed by atoms with Crippen LogP contribution >= 0.6 is 11.8 Å². The van der Waals surface area contributed by atoms with Gasteiger partial charge in [0.05, 0.1) is 5.75 Å². The molecule has 0 aliphatic rings. The Morgan fingerprint density at radius 1 is 1.00 bits per heavy atom. The maximum absolute atomic E-state index is 5.77. The fraction of sp³-hybridized carbons (Fsp3) is 0.222. The second kappa shape index (κ2) is 7.67. The smallest absolute Gasteiger partial charge is 0.247 e. The van der Waals surface area contributed by atoms with Gasteiger partial charge in [-0.25, -0.2) is 0 Å². The number of aromatic nitrogens is 7. The molecule has 4 aromatic heterocycles. The molecule has 0 atom stereocenters. The summed E-state index contributed by atoms with van der Waals surface area (Å²) in [4.78, 5) is 8.23. The molecule has 0 aromatic carbocycles. The Morgan fingerprint density at radius 3 is 2.59 bits per heavy atom. The summed E-state index contributed by atoms with van der Waals surface area (Å²) in [6, 6.07) is 7.61. The lowest BCUT2D eigenvalue weighted by Gasteiger charge is -2.06. The minimum absolute atomic E-state index is 0.491. The van der Waals surface area contributed by atoms with Crippen LogP contribution in [-0.4, -0.2) is 34.9 Å². The summed E-state index contributed by atoms with van der Waals surface area (Å²) < 4.78 is 7.83. The number of pyridine rings is 2. The van der Waals surface area contributed by atoms with Gasteiger partial charge in [0.2, 0.25) is 11.8 Å². The molecular weight excluding hydrogens is 362 g/mol. The average molecular weight is 379 g/mol. The van der Waals surface area contributed by atoms with Crippen LogP contribution < -0.4 is 0 Å². The van der Waals surface area contributed by atoms with Gasteiger partial charge in [0, 0.05) is 42.0 Å². The van der Waals surface area contributed by atoms with Crippen molar-refractivity contribution < 1.29 is 4.42 Å². The van der Waals surface area contributed by atoms with E-state index in [1.54, 1.807) is 18.6 Å². The molecule has 0 spiro atoms. The predicted octanol–water partition coefficient (Wildman–Crippen LogP) is 3.41. The first-order valence-corrected chi connectivity index (χ1v) is 9.45. The Labute approximate surface area is 160 Å². The zero-order chi connectivity index (χ0) is 18.6. The van der Waals surface area contributed by atoms with Crippen LogP contribution in [0.15, 0.2) is 52.4 Å². The molecule has 0 amide bonds. The van der Waals surface area contributed by atoms with Gasteiger partial charge in [-0.15, -0.1) is 20.4 Å². The fourth-order valence-electron chi connectivity index (χ4n) is 2.63. The van der Waals surface area contributed by atoms with Crippen LogP contribution in [0.1, 0.15) is 18.5 Å². The SMILES string of the molecule is CCn1c(SCc2nnc(-c3ccnc(C)c3)o2)nnc1-c1ccncc1. The van der Waals surface area contributed by atoms with Crippen molar-refractivity contribution in [2.75, 3.05) is 0 Å². The van der Waals surface area contributed by atoms with Crippen LogP contribution in [0.3, 0.4) is 0 Å². The van der Waals surface area contributed by atoms with E-state index in [4.69, 9.17) is 4.42 Å². The maximum atomic E-state index is 5.77. The van der Waals surface area contributed by atoms with Gasteiger partial charge in [0.25, 0.3) is 0 Å². The van der Waals surface area contributed by atoms with Gasteiger partial charge in [-0.1, -0.05) is 11.8 Å². The molecule has 4 heterocycles. The van der Waals surface area contributed by atoms with Gasteiger partial charge in [-0.2, -0.15) is 0 Å². The number of rotatable bonds is 6. The lowest BCUT2D eigenvalue weighted by atomic mass is 10.2. The highest BCUT2D eigenvalue weighted by Gasteiger charge is 2.15. The van der Waals surface area contributed by atoms with Crippen LogP contribution in [0.25, 0.3) is 22.8 Å². The Morgan fingerprint density at radius 2 is 1.81 bits per heavy atom. The normalized spacial score (nSPS) is 11.0. The van der Waals surface area contributed by atoms with E-state index in [9.17, 15) is 0 Å². The Hall–Kier alpha value is -3.07. The lowest BCUT2D eigenvalue weighted by Crippen LogP contribution is -2.00. The molecule has 0 aliphatic heterocycles. The van der Waals surface area contributed by atoms with E-state index in [2.05, 4.69) is 41.9 Å². The zero-order valence-electron chi connectivity index (χ0n) is 14.9. The molecular formula is C18H17N7OS. The summed E-state index contributed by atoms with van der Waals surface area (Å²) in [6.07, 6.45) is 5.23. The number of aryl methyl sites for hydroxylation is 1. The first-order chi connectivity index (χ1) is 13.2. The number of nitrogens with zero attached hydrogens (tertiary/aromatic N) is 7. The van der Waals surface area contributed by atoms with E-state index in [0.717, 1.165) is 34.3 Å². The second-order valence-corrected chi connectivity index (χ2v) is 6.70. The Kier molecular flexibility index (Phi) is 4.93. The first-order valence-electron chi connectivity index (χ1n) is 8.46. The topological polar surface area (TPSA) is 95.4 Å². The quantitative estimate of drug-likeness (QED) is 0.470. The lowest BCUT2D eigenvalue weighted by molar-refractivity contribution is 0.528. The molecule has 0 radical (unpaired) electrons.